The minimum atomic E-state index is -0.181. The molecular formula is C22H23N3O2S2. The number of nitrogens with zero attached hydrogens (tertiary/aromatic N) is 2. The third kappa shape index (κ3) is 4.87. The van der Waals surface area contributed by atoms with Crippen LogP contribution in [0.1, 0.15) is 21.1 Å². The van der Waals surface area contributed by atoms with Gasteiger partial charge in [-0.1, -0.05) is 36.4 Å². The molecule has 2 heterocycles. The quantitative estimate of drug-likeness (QED) is 0.582. The maximum Gasteiger partial charge on any atom is 0.275 e. The molecule has 150 valence electrons. The van der Waals surface area contributed by atoms with Crippen LogP contribution >= 0.6 is 23.3 Å². The summed E-state index contributed by atoms with van der Waals surface area (Å²) in [5.41, 5.74) is 3.45. The molecule has 4 rings (SSSR count). The molecule has 3 aromatic rings. The van der Waals surface area contributed by atoms with Gasteiger partial charge in [-0.2, -0.15) is 0 Å². The molecule has 29 heavy (non-hydrogen) atoms. The van der Waals surface area contributed by atoms with Gasteiger partial charge in [-0.05, 0) is 49.1 Å². The predicted octanol–water partition coefficient (Wildman–Crippen LogP) is 5.02. The molecule has 1 fully saturated rings. The molecule has 0 aliphatic carbocycles. The number of amides is 1. The van der Waals surface area contributed by atoms with E-state index in [0.29, 0.717) is 5.69 Å². The highest BCUT2D eigenvalue weighted by atomic mass is 32.2. The number of hydrogen-bond donors (Lipinski definition) is 1. The molecule has 0 bridgehead atoms. The van der Waals surface area contributed by atoms with Crippen molar-refractivity contribution in [3.8, 4) is 10.4 Å². The van der Waals surface area contributed by atoms with Crippen LogP contribution in [0.25, 0.3) is 10.4 Å². The lowest BCUT2D eigenvalue weighted by molar-refractivity contribution is 0.0773. The summed E-state index contributed by atoms with van der Waals surface area (Å²) in [7, 11) is 0. The van der Waals surface area contributed by atoms with Crippen molar-refractivity contribution in [2.75, 3.05) is 31.6 Å². The Kier molecular flexibility index (Phi) is 6.30. The van der Waals surface area contributed by atoms with E-state index in [9.17, 15) is 4.79 Å². The fraction of sp³-hybridized carbons (Fsp3) is 0.273. The third-order valence-electron chi connectivity index (χ3n) is 4.63. The summed E-state index contributed by atoms with van der Waals surface area (Å²) in [6.45, 7) is 7.34. The fourth-order valence-corrected chi connectivity index (χ4v) is 5.03. The highest BCUT2D eigenvalue weighted by Crippen LogP contribution is 2.32. The van der Waals surface area contributed by atoms with Crippen molar-refractivity contribution in [3.63, 3.8) is 0 Å². The lowest BCUT2D eigenvalue weighted by Crippen LogP contribution is -2.31. The van der Waals surface area contributed by atoms with Gasteiger partial charge in [-0.3, -0.25) is 4.79 Å². The zero-order valence-electron chi connectivity index (χ0n) is 16.5. The van der Waals surface area contributed by atoms with Gasteiger partial charge in [0, 0.05) is 23.7 Å². The molecule has 2 aromatic carbocycles. The molecule has 0 spiro atoms. The van der Waals surface area contributed by atoms with Gasteiger partial charge in [0.25, 0.3) is 5.91 Å². The number of aromatic nitrogens is 1. The molecule has 0 atom stereocenters. The smallest absolute Gasteiger partial charge is 0.275 e. The van der Waals surface area contributed by atoms with Crippen molar-refractivity contribution in [1.29, 1.82) is 0 Å². The highest BCUT2D eigenvalue weighted by molar-refractivity contribution is 7.97. The number of hydrogen-bond acceptors (Lipinski definition) is 6. The van der Waals surface area contributed by atoms with Gasteiger partial charge in [0.2, 0.25) is 0 Å². The Labute approximate surface area is 179 Å². The zero-order chi connectivity index (χ0) is 20.2. The van der Waals surface area contributed by atoms with Crippen molar-refractivity contribution in [2.24, 2.45) is 0 Å². The predicted molar refractivity (Wildman–Crippen MR) is 120 cm³/mol. The summed E-state index contributed by atoms with van der Waals surface area (Å²) in [6.07, 6.45) is 0. The molecule has 0 saturated carbocycles. The number of aryl methyl sites for hydroxylation is 2. The van der Waals surface area contributed by atoms with E-state index in [4.69, 9.17) is 4.74 Å². The second-order valence-corrected chi connectivity index (χ2v) is 9.19. The van der Waals surface area contributed by atoms with Crippen LogP contribution in [-0.4, -0.2) is 41.5 Å². The number of ether oxygens (including phenoxy) is 1. The molecule has 5 nitrogen and oxygen atoms in total. The molecular weight excluding hydrogens is 402 g/mol. The Hall–Kier alpha value is -2.19. The molecule has 1 saturated heterocycles. The summed E-state index contributed by atoms with van der Waals surface area (Å²) in [5.74, 6) is -0.181. The largest absolute Gasteiger partial charge is 0.379 e. The number of rotatable bonds is 5. The standard InChI is InChI=1S/C22H23N3O2S2/c1-15-8-9-18(14-19(15)29-25-10-12-27-13-11-25)24-22(26)20-21(28-16(2)23-20)17-6-4-3-5-7-17/h3-9,14H,10-13H2,1-2H3,(H,24,26). The van der Waals surface area contributed by atoms with Crippen LogP contribution in [0.2, 0.25) is 0 Å². The number of morpholine rings is 1. The molecule has 1 N–H and O–H groups in total. The first-order valence-corrected chi connectivity index (χ1v) is 11.1. The maximum atomic E-state index is 13.0. The highest BCUT2D eigenvalue weighted by Gasteiger charge is 2.19. The van der Waals surface area contributed by atoms with E-state index in [1.165, 1.54) is 5.56 Å². The Bertz CT molecular complexity index is 999. The summed E-state index contributed by atoms with van der Waals surface area (Å²) >= 11 is 3.26. The zero-order valence-corrected chi connectivity index (χ0v) is 18.1. The topological polar surface area (TPSA) is 54.5 Å². The van der Waals surface area contributed by atoms with Crippen LogP contribution < -0.4 is 5.32 Å². The van der Waals surface area contributed by atoms with Gasteiger partial charge in [0.15, 0.2) is 0 Å². The lowest BCUT2D eigenvalue weighted by Gasteiger charge is -2.26. The number of carbonyl (C=O) groups is 1. The minimum Gasteiger partial charge on any atom is -0.379 e. The van der Waals surface area contributed by atoms with E-state index in [1.807, 2.05) is 55.5 Å². The van der Waals surface area contributed by atoms with E-state index in [-0.39, 0.29) is 5.91 Å². The van der Waals surface area contributed by atoms with Crippen molar-refractivity contribution in [1.82, 2.24) is 9.29 Å². The molecule has 1 aliphatic heterocycles. The van der Waals surface area contributed by atoms with Crippen LogP contribution in [0.4, 0.5) is 5.69 Å². The van der Waals surface area contributed by atoms with E-state index in [1.54, 1.807) is 23.3 Å². The van der Waals surface area contributed by atoms with Crippen molar-refractivity contribution in [3.05, 3.63) is 64.8 Å². The van der Waals surface area contributed by atoms with E-state index >= 15 is 0 Å². The van der Waals surface area contributed by atoms with Crippen LogP contribution in [0.5, 0.6) is 0 Å². The molecule has 1 aliphatic rings. The molecule has 1 amide bonds. The second kappa shape index (κ2) is 9.09. The molecule has 7 heteroatoms. The Morgan fingerprint density at radius 2 is 1.90 bits per heavy atom. The third-order valence-corrected chi connectivity index (χ3v) is 6.91. The van der Waals surface area contributed by atoms with Gasteiger partial charge in [0.05, 0.1) is 23.1 Å². The summed E-state index contributed by atoms with van der Waals surface area (Å²) < 4.78 is 7.73. The van der Waals surface area contributed by atoms with Crippen LogP contribution in [0.15, 0.2) is 53.4 Å². The Balaban J connectivity index is 1.54. The first-order chi connectivity index (χ1) is 14.1. The van der Waals surface area contributed by atoms with Gasteiger partial charge >= 0.3 is 0 Å². The fourth-order valence-electron chi connectivity index (χ4n) is 3.11. The van der Waals surface area contributed by atoms with Gasteiger partial charge in [-0.25, -0.2) is 9.29 Å². The first-order valence-electron chi connectivity index (χ1n) is 9.55. The number of nitrogens with one attached hydrogen (secondary N) is 1. The first kappa shape index (κ1) is 20.1. The summed E-state index contributed by atoms with van der Waals surface area (Å²) in [4.78, 5) is 19.5. The lowest BCUT2D eigenvalue weighted by atomic mass is 10.1. The van der Waals surface area contributed by atoms with Gasteiger partial charge < -0.3 is 10.1 Å². The summed E-state index contributed by atoms with van der Waals surface area (Å²) in [5, 5.41) is 3.91. The van der Waals surface area contributed by atoms with Crippen LogP contribution in [0, 0.1) is 13.8 Å². The molecule has 0 unspecified atom stereocenters. The number of thiazole rings is 1. The second-order valence-electron chi connectivity index (χ2n) is 6.84. The maximum absolute atomic E-state index is 13.0. The minimum absolute atomic E-state index is 0.181. The average molecular weight is 426 g/mol. The van der Waals surface area contributed by atoms with Crippen LogP contribution in [-0.2, 0) is 4.74 Å². The van der Waals surface area contributed by atoms with Gasteiger partial charge in [-0.15, -0.1) is 11.3 Å². The van der Waals surface area contributed by atoms with E-state index in [0.717, 1.165) is 52.3 Å². The number of anilines is 1. The number of carbonyl (C=O) groups excluding carboxylic acids is 1. The Morgan fingerprint density at radius 1 is 1.14 bits per heavy atom. The van der Waals surface area contributed by atoms with E-state index in [2.05, 4.69) is 21.5 Å². The summed E-state index contributed by atoms with van der Waals surface area (Å²) in [6, 6.07) is 16.0. The van der Waals surface area contributed by atoms with Crippen molar-refractivity contribution < 1.29 is 9.53 Å². The monoisotopic (exact) mass is 425 g/mol. The van der Waals surface area contributed by atoms with Crippen LogP contribution in [0.3, 0.4) is 0 Å². The van der Waals surface area contributed by atoms with E-state index < -0.39 is 0 Å². The Morgan fingerprint density at radius 3 is 2.66 bits per heavy atom. The van der Waals surface area contributed by atoms with Crippen molar-refractivity contribution in [2.45, 2.75) is 18.7 Å². The number of benzene rings is 2. The molecule has 0 radical (unpaired) electrons. The van der Waals surface area contributed by atoms with Crippen molar-refractivity contribution >= 4 is 34.9 Å². The van der Waals surface area contributed by atoms with Gasteiger partial charge in [0.1, 0.15) is 5.69 Å². The normalized spacial score (nSPS) is 14.7. The average Bonchev–Trinajstić information content (AvgIpc) is 3.14. The molecule has 1 aromatic heterocycles. The SMILES string of the molecule is Cc1nc(C(=O)Nc2ccc(C)c(SN3CCOCC3)c2)c(-c2ccccc2)s1.